The van der Waals surface area contributed by atoms with Gasteiger partial charge in [-0.3, -0.25) is 10.1 Å². The zero-order valence-electron chi connectivity index (χ0n) is 20.5. The number of hydrogen-bond acceptors (Lipinski definition) is 3. The molecule has 0 aromatic heterocycles. The van der Waals surface area contributed by atoms with Gasteiger partial charge in [-0.15, -0.1) is 0 Å². The summed E-state index contributed by atoms with van der Waals surface area (Å²) in [4.78, 5) is 16.0. The molecule has 0 aliphatic heterocycles. The maximum absolute atomic E-state index is 14.1. The molecule has 1 N–H and O–H groups in total. The van der Waals surface area contributed by atoms with Gasteiger partial charge < -0.3 is 9.64 Å². The Bertz CT molecular complexity index is 1030. The molecule has 3 rings (SSSR count). The number of carbonyl (C=O) groups is 1. The monoisotopic (exact) mass is 444 g/mol. The highest BCUT2D eigenvalue weighted by Crippen LogP contribution is 2.25. The van der Waals surface area contributed by atoms with Crippen molar-refractivity contribution in [2.45, 2.75) is 46.2 Å². The highest BCUT2D eigenvalue weighted by atomic mass is 16.5. The quantitative estimate of drug-likeness (QED) is 0.446. The van der Waals surface area contributed by atoms with E-state index in [4.69, 9.17) is 4.74 Å². The van der Waals surface area contributed by atoms with Crippen molar-refractivity contribution < 1.29 is 9.53 Å². The van der Waals surface area contributed by atoms with Gasteiger partial charge in [-0.25, -0.2) is 0 Å². The zero-order valence-corrected chi connectivity index (χ0v) is 20.5. The zero-order chi connectivity index (χ0) is 23.8. The molecule has 0 fully saturated rings. The van der Waals surface area contributed by atoms with Crippen LogP contribution in [0.5, 0.6) is 0 Å². The molecular weight excluding hydrogens is 408 g/mol. The Kier molecular flexibility index (Phi) is 8.81. The fourth-order valence-corrected chi connectivity index (χ4v) is 3.95. The van der Waals surface area contributed by atoms with E-state index in [9.17, 15) is 4.79 Å². The van der Waals surface area contributed by atoms with Crippen LogP contribution in [0.25, 0.3) is 0 Å². The standard InChI is InChI=1S/C29H36N2O2/c1-21-11-14-25(15-12-21)17-18-31(27-16-13-22(2)23(3)19-27)29(32)28(30-24(4)20-33-5)26-9-7-6-8-10-26/h6-16,19,24,28,30H,17-18,20H2,1-5H3. The van der Waals surface area contributed by atoms with E-state index in [2.05, 4.69) is 68.6 Å². The first kappa shape index (κ1) is 24.7. The van der Waals surface area contributed by atoms with Crippen molar-refractivity contribution in [2.24, 2.45) is 0 Å². The van der Waals surface area contributed by atoms with Crippen LogP contribution >= 0.6 is 0 Å². The number of ether oxygens (including phenoxy) is 1. The molecular formula is C29H36N2O2. The van der Waals surface area contributed by atoms with Crippen molar-refractivity contribution in [3.8, 4) is 0 Å². The van der Waals surface area contributed by atoms with Gasteiger partial charge in [0.05, 0.1) is 6.61 Å². The lowest BCUT2D eigenvalue weighted by atomic mass is 10.0. The highest BCUT2D eigenvalue weighted by molar-refractivity contribution is 5.98. The second-order valence-electron chi connectivity index (χ2n) is 8.86. The van der Waals surface area contributed by atoms with E-state index in [1.807, 2.05) is 42.2 Å². The fourth-order valence-electron chi connectivity index (χ4n) is 3.95. The third-order valence-corrected chi connectivity index (χ3v) is 6.06. The average molecular weight is 445 g/mol. The van der Waals surface area contributed by atoms with Crippen LogP contribution in [0.3, 0.4) is 0 Å². The average Bonchev–Trinajstić information content (AvgIpc) is 2.81. The van der Waals surface area contributed by atoms with E-state index < -0.39 is 6.04 Å². The second kappa shape index (κ2) is 11.8. The Morgan fingerprint density at radius 2 is 1.64 bits per heavy atom. The van der Waals surface area contributed by atoms with E-state index in [0.717, 1.165) is 17.7 Å². The van der Waals surface area contributed by atoms with Crippen molar-refractivity contribution in [1.82, 2.24) is 5.32 Å². The van der Waals surface area contributed by atoms with Gasteiger partial charge in [0, 0.05) is 25.4 Å². The molecule has 2 atom stereocenters. The molecule has 0 bridgehead atoms. The third kappa shape index (κ3) is 6.77. The summed E-state index contributed by atoms with van der Waals surface area (Å²) in [7, 11) is 1.68. The molecule has 3 aromatic rings. The smallest absolute Gasteiger partial charge is 0.248 e. The van der Waals surface area contributed by atoms with Crippen molar-refractivity contribution in [3.05, 3.63) is 101 Å². The van der Waals surface area contributed by atoms with Crippen molar-refractivity contribution in [3.63, 3.8) is 0 Å². The third-order valence-electron chi connectivity index (χ3n) is 6.06. The summed E-state index contributed by atoms with van der Waals surface area (Å²) in [6, 6.07) is 24.3. The number of aryl methyl sites for hydroxylation is 3. The van der Waals surface area contributed by atoms with Gasteiger partial charge >= 0.3 is 0 Å². The number of amides is 1. The highest BCUT2D eigenvalue weighted by Gasteiger charge is 2.28. The number of nitrogens with one attached hydrogen (secondary N) is 1. The van der Waals surface area contributed by atoms with Crippen LogP contribution in [-0.4, -0.2) is 32.2 Å². The first-order valence-corrected chi connectivity index (χ1v) is 11.6. The largest absolute Gasteiger partial charge is 0.383 e. The summed E-state index contributed by atoms with van der Waals surface area (Å²) >= 11 is 0. The molecule has 0 saturated heterocycles. The topological polar surface area (TPSA) is 41.6 Å². The van der Waals surface area contributed by atoms with Gasteiger partial charge in [0.25, 0.3) is 0 Å². The van der Waals surface area contributed by atoms with Gasteiger partial charge in [-0.05, 0) is 68.5 Å². The number of benzene rings is 3. The van der Waals surface area contributed by atoms with Crippen molar-refractivity contribution >= 4 is 11.6 Å². The van der Waals surface area contributed by atoms with Gasteiger partial charge in [0.1, 0.15) is 6.04 Å². The Labute approximate surface area is 198 Å². The number of nitrogens with zero attached hydrogens (tertiary/aromatic N) is 1. The number of rotatable bonds is 10. The first-order valence-electron chi connectivity index (χ1n) is 11.6. The maximum Gasteiger partial charge on any atom is 0.248 e. The Morgan fingerprint density at radius 1 is 0.939 bits per heavy atom. The molecule has 0 heterocycles. The number of anilines is 1. The first-order chi connectivity index (χ1) is 15.9. The SMILES string of the molecule is COCC(C)NC(C(=O)N(CCc1ccc(C)cc1)c1ccc(C)c(C)c1)c1ccccc1. The van der Waals surface area contributed by atoms with Crippen LogP contribution in [0.4, 0.5) is 5.69 Å². The van der Waals surface area contributed by atoms with Gasteiger partial charge in [0.2, 0.25) is 5.91 Å². The van der Waals surface area contributed by atoms with Gasteiger partial charge in [0.15, 0.2) is 0 Å². The predicted octanol–water partition coefficient (Wildman–Crippen LogP) is 5.55. The molecule has 0 spiro atoms. The molecule has 2 unspecified atom stereocenters. The van der Waals surface area contributed by atoms with E-state index in [-0.39, 0.29) is 11.9 Å². The molecule has 4 heteroatoms. The molecule has 33 heavy (non-hydrogen) atoms. The van der Waals surface area contributed by atoms with Crippen LogP contribution in [-0.2, 0) is 16.0 Å². The van der Waals surface area contributed by atoms with E-state index in [1.54, 1.807) is 7.11 Å². The molecule has 0 aliphatic rings. The summed E-state index contributed by atoms with van der Waals surface area (Å²) in [6.07, 6.45) is 0.786. The van der Waals surface area contributed by atoms with Crippen LogP contribution in [0.1, 0.15) is 40.8 Å². The van der Waals surface area contributed by atoms with E-state index >= 15 is 0 Å². The van der Waals surface area contributed by atoms with E-state index in [1.165, 1.54) is 22.3 Å². The summed E-state index contributed by atoms with van der Waals surface area (Å²) in [5.74, 6) is 0.0412. The Balaban J connectivity index is 1.94. The molecule has 0 saturated carbocycles. The summed E-state index contributed by atoms with van der Waals surface area (Å²) in [5, 5.41) is 3.50. The minimum atomic E-state index is -0.462. The Hall–Kier alpha value is -2.95. The summed E-state index contributed by atoms with van der Waals surface area (Å²) in [6.45, 7) is 9.45. The molecule has 0 radical (unpaired) electrons. The lowest BCUT2D eigenvalue weighted by Gasteiger charge is -2.30. The van der Waals surface area contributed by atoms with E-state index in [0.29, 0.717) is 13.2 Å². The lowest BCUT2D eigenvalue weighted by molar-refractivity contribution is -0.121. The summed E-state index contributed by atoms with van der Waals surface area (Å²) in [5.41, 5.74) is 6.74. The Morgan fingerprint density at radius 3 is 2.27 bits per heavy atom. The number of methoxy groups -OCH3 is 1. The molecule has 174 valence electrons. The summed E-state index contributed by atoms with van der Waals surface area (Å²) < 4.78 is 5.32. The number of hydrogen-bond donors (Lipinski definition) is 1. The fraction of sp³-hybridized carbons (Fsp3) is 0.345. The van der Waals surface area contributed by atoms with Crippen LogP contribution < -0.4 is 10.2 Å². The van der Waals surface area contributed by atoms with Crippen LogP contribution in [0.15, 0.2) is 72.8 Å². The van der Waals surface area contributed by atoms with Crippen LogP contribution in [0, 0.1) is 20.8 Å². The normalized spacial score (nSPS) is 12.9. The molecule has 4 nitrogen and oxygen atoms in total. The van der Waals surface area contributed by atoms with Crippen molar-refractivity contribution in [2.75, 3.05) is 25.2 Å². The lowest BCUT2D eigenvalue weighted by Crippen LogP contribution is -2.45. The van der Waals surface area contributed by atoms with Gasteiger partial charge in [-0.2, -0.15) is 0 Å². The number of carbonyl (C=O) groups excluding carboxylic acids is 1. The molecule has 1 amide bonds. The van der Waals surface area contributed by atoms with Crippen molar-refractivity contribution in [1.29, 1.82) is 0 Å². The molecule has 3 aromatic carbocycles. The predicted molar refractivity (Wildman–Crippen MR) is 137 cm³/mol. The van der Waals surface area contributed by atoms with Gasteiger partial charge in [-0.1, -0.05) is 66.2 Å². The minimum absolute atomic E-state index is 0.0304. The maximum atomic E-state index is 14.1. The minimum Gasteiger partial charge on any atom is -0.383 e. The molecule has 0 aliphatic carbocycles. The van der Waals surface area contributed by atoms with Crippen LogP contribution in [0.2, 0.25) is 0 Å². The second-order valence-corrected chi connectivity index (χ2v) is 8.86.